The Morgan fingerprint density at radius 3 is 2.81 bits per heavy atom. The van der Waals surface area contributed by atoms with Crippen LogP contribution in [0, 0.1) is 0 Å². The number of rotatable bonds is 6. The minimum absolute atomic E-state index is 0.165. The zero-order valence-electron chi connectivity index (χ0n) is 15.2. The molecular formula is C18H27N7O. The Bertz CT molecular complexity index is 724. The van der Waals surface area contributed by atoms with Crippen LogP contribution in [-0.2, 0) is 13.1 Å². The molecule has 1 fully saturated rings. The Kier molecular flexibility index (Phi) is 6.06. The van der Waals surface area contributed by atoms with Crippen LogP contribution in [0.15, 0.2) is 24.3 Å². The lowest BCUT2D eigenvalue weighted by molar-refractivity contribution is 0.185. The third-order valence-electron chi connectivity index (χ3n) is 4.85. The van der Waals surface area contributed by atoms with E-state index in [9.17, 15) is 4.79 Å². The lowest BCUT2D eigenvalue weighted by Gasteiger charge is -2.31. The number of urea groups is 1. The van der Waals surface area contributed by atoms with Crippen LogP contribution in [0.1, 0.15) is 43.5 Å². The number of aromatic nitrogens is 3. The Labute approximate surface area is 153 Å². The van der Waals surface area contributed by atoms with Crippen LogP contribution in [0.3, 0.4) is 0 Å². The second-order valence-electron chi connectivity index (χ2n) is 6.81. The molecular weight excluding hydrogens is 330 g/mol. The molecule has 1 heterocycles. The average molecular weight is 357 g/mol. The Morgan fingerprint density at radius 1 is 1.31 bits per heavy atom. The summed E-state index contributed by atoms with van der Waals surface area (Å²) in [4.78, 5) is 18.6. The topological polar surface area (TPSA) is 112 Å². The van der Waals surface area contributed by atoms with Crippen LogP contribution in [0.2, 0.25) is 0 Å². The van der Waals surface area contributed by atoms with Crippen LogP contribution in [0.4, 0.5) is 16.4 Å². The SMILES string of the molecule is CN(Cc1ccccc1NC(=O)NCc1nc(N)n[nH]1)C1CCCCC1. The van der Waals surface area contributed by atoms with E-state index in [0.29, 0.717) is 11.9 Å². The van der Waals surface area contributed by atoms with Gasteiger partial charge in [0.15, 0.2) is 0 Å². The monoisotopic (exact) mass is 357 g/mol. The van der Waals surface area contributed by atoms with Gasteiger partial charge in [-0.15, -0.1) is 5.10 Å². The molecule has 0 atom stereocenters. The van der Waals surface area contributed by atoms with Gasteiger partial charge in [0.25, 0.3) is 0 Å². The fourth-order valence-corrected chi connectivity index (χ4v) is 3.42. The molecule has 0 saturated heterocycles. The van der Waals surface area contributed by atoms with E-state index in [4.69, 9.17) is 5.73 Å². The van der Waals surface area contributed by atoms with E-state index in [1.54, 1.807) is 0 Å². The normalized spacial score (nSPS) is 15.2. The average Bonchev–Trinajstić information content (AvgIpc) is 3.08. The number of nitrogens with one attached hydrogen (secondary N) is 3. The molecule has 1 aliphatic carbocycles. The van der Waals surface area contributed by atoms with Crippen LogP contribution >= 0.6 is 0 Å². The molecule has 2 amide bonds. The van der Waals surface area contributed by atoms with E-state index in [1.165, 1.54) is 32.1 Å². The molecule has 5 N–H and O–H groups in total. The molecule has 3 rings (SSSR count). The predicted molar refractivity (Wildman–Crippen MR) is 101 cm³/mol. The quantitative estimate of drug-likeness (QED) is 0.634. The van der Waals surface area contributed by atoms with Crippen molar-refractivity contribution in [2.24, 2.45) is 0 Å². The van der Waals surface area contributed by atoms with Crippen molar-refractivity contribution in [3.8, 4) is 0 Å². The smallest absolute Gasteiger partial charge is 0.319 e. The summed E-state index contributed by atoms with van der Waals surface area (Å²) in [6.45, 7) is 1.06. The van der Waals surface area contributed by atoms with Gasteiger partial charge < -0.3 is 16.4 Å². The summed E-state index contributed by atoms with van der Waals surface area (Å²) in [5.74, 6) is 0.682. The van der Waals surface area contributed by atoms with Gasteiger partial charge in [-0.3, -0.25) is 10.00 Å². The number of hydrogen-bond acceptors (Lipinski definition) is 5. The maximum absolute atomic E-state index is 12.2. The number of nitrogens with two attached hydrogens (primary N) is 1. The summed E-state index contributed by atoms with van der Waals surface area (Å²) in [5, 5.41) is 12.1. The van der Waals surface area contributed by atoms with Gasteiger partial charge in [-0.25, -0.2) is 4.79 Å². The van der Waals surface area contributed by atoms with Gasteiger partial charge in [0.2, 0.25) is 5.95 Å². The number of nitrogens with zero attached hydrogens (tertiary/aromatic N) is 3. The van der Waals surface area contributed by atoms with Crippen molar-refractivity contribution in [1.29, 1.82) is 0 Å². The second-order valence-corrected chi connectivity index (χ2v) is 6.81. The summed E-state index contributed by atoms with van der Waals surface area (Å²) < 4.78 is 0. The van der Waals surface area contributed by atoms with Crippen LogP contribution in [0.5, 0.6) is 0 Å². The van der Waals surface area contributed by atoms with E-state index < -0.39 is 0 Å². The second kappa shape index (κ2) is 8.66. The number of carbonyl (C=O) groups is 1. The molecule has 8 heteroatoms. The largest absolute Gasteiger partial charge is 0.367 e. The molecule has 0 bridgehead atoms. The number of aromatic amines is 1. The van der Waals surface area contributed by atoms with Gasteiger partial charge in [0, 0.05) is 18.3 Å². The number of nitrogen functional groups attached to an aromatic ring is 1. The molecule has 2 aromatic rings. The van der Waals surface area contributed by atoms with Crippen molar-refractivity contribution in [3.63, 3.8) is 0 Å². The summed E-state index contributed by atoms with van der Waals surface area (Å²) in [5.41, 5.74) is 7.38. The number of amides is 2. The van der Waals surface area contributed by atoms with Gasteiger partial charge >= 0.3 is 6.03 Å². The molecule has 1 aliphatic rings. The minimum Gasteiger partial charge on any atom is -0.367 e. The molecule has 140 valence electrons. The highest BCUT2D eigenvalue weighted by atomic mass is 16.2. The highest BCUT2D eigenvalue weighted by molar-refractivity contribution is 5.90. The fourth-order valence-electron chi connectivity index (χ4n) is 3.42. The van der Waals surface area contributed by atoms with Crippen LogP contribution < -0.4 is 16.4 Å². The zero-order valence-corrected chi connectivity index (χ0v) is 15.2. The standard InChI is InChI=1S/C18H27N7O/c1-25(14-8-3-2-4-9-14)12-13-7-5-6-10-15(13)21-18(26)20-11-16-22-17(19)24-23-16/h5-7,10,14H,2-4,8-9,11-12H2,1H3,(H2,20,21,26)(H3,19,22,23,24). The van der Waals surface area contributed by atoms with Crippen LogP contribution in [-0.4, -0.2) is 39.2 Å². The number of carbonyl (C=O) groups excluding carboxylic acids is 1. The molecule has 26 heavy (non-hydrogen) atoms. The first-order chi connectivity index (χ1) is 12.6. The predicted octanol–water partition coefficient (Wildman–Crippen LogP) is 2.47. The van der Waals surface area contributed by atoms with Gasteiger partial charge in [0.05, 0.1) is 6.54 Å². The Hall–Kier alpha value is -2.61. The van der Waals surface area contributed by atoms with Gasteiger partial charge in [-0.1, -0.05) is 37.5 Å². The van der Waals surface area contributed by atoms with Crippen molar-refractivity contribution < 1.29 is 4.79 Å². The molecule has 0 unspecified atom stereocenters. The van der Waals surface area contributed by atoms with E-state index >= 15 is 0 Å². The van der Waals surface area contributed by atoms with Crippen molar-refractivity contribution in [3.05, 3.63) is 35.7 Å². The Morgan fingerprint density at radius 2 is 2.08 bits per heavy atom. The van der Waals surface area contributed by atoms with E-state index in [2.05, 4.69) is 43.8 Å². The van der Waals surface area contributed by atoms with Crippen molar-refractivity contribution >= 4 is 17.7 Å². The molecule has 1 aromatic carbocycles. The maximum Gasteiger partial charge on any atom is 0.319 e. The number of H-pyrrole nitrogens is 1. The van der Waals surface area contributed by atoms with Gasteiger partial charge in [-0.05, 0) is 31.5 Å². The highest BCUT2D eigenvalue weighted by Crippen LogP contribution is 2.24. The maximum atomic E-state index is 12.2. The first-order valence-corrected chi connectivity index (χ1v) is 9.11. The fraction of sp³-hybridized carbons (Fsp3) is 0.500. The molecule has 8 nitrogen and oxygen atoms in total. The van der Waals surface area contributed by atoms with Crippen LogP contribution in [0.25, 0.3) is 0 Å². The molecule has 0 radical (unpaired) electrons. The van der Waals surface area contributed by atoms with E-state index in [-0.39, 0.29) is 18.5 Å². The summed E-state index contributed by atoms with van der Waals surface area (Å²) >= 11 is 0. The number of benzene rings is 1. The van der Waals surface area contributed by atoms with Crippen molar-refractivity contribution in [2.75, 3.05) is 18.1 Å². The molecule has 0 spiro atoms. The number of anilines is 2. The van der Waals surface area contributed by atoms with E-state index in [0.717, 1.165) is 17.8 Å². The summed E-state index contributed by atoms with van der Waals surface area (Å²) in [6, 6.07) is 8.26. The zero-order chi connectivity index (χ0) is 18.4. The summed E-state index contributed by atoms with van der Waals surface area (Å²) in [7, 11) is 2.17. The van der Waals surface area contributed by atoms with Crippen molar-refractivity contribution in [1.82, 2.24) is 25.4 Å². The first kappa shape index (κ1) is 18.2. The van der Waals surface area contributed by atoms with Gasteiger partial charge in [0.1, 0.15) is 5.82 Å². The molecule has 1 saturated carbocycles. The number of hydrogen-bond donors (Lipinski definition) is 4. The summed E-state index contributed by atoms with van der Waals surface area (Å²) in [6.07, 6.45) is 6.48. The van der Waals surface area contributed by atoms with Crippen molar-refractivity contribution in [2.45, 2.75) is 51.2 Å². The lowest BCUT2D eigenvalue weighted by atomic mass is 9.94. The highest BCUT2D eigenvalue weighted by Gasteiger charge is 2.19. The third kappa shape index (κ3) is 4.95. The third-order valence-corrected chi connectivity index (χ3v) is 4.85. The van der Waals surface area contributed by atoms with E-state index in [1.807, 2.05) is 18.2 Å². The first-order valence-electron chi connectivity index (χ1n) is 9.11. The number of para-hydroxylation sites is 1. The van der Waals surface area contributed by atoms with Gasteiger partial charge in [-0.2, -0.15) is 4.98 Å². The molecule has 0 aliphatic heterocycles. The Balaban J connectivity index is 1.56. The minimum atomic E-state index is -0.284. The molecule has 1 aromatic heterocycles. The lowest BCUT2D eigenvalue weighted by Crippen LogP contribution is -2.33.